The van der Waals surface area contributed by atoms with Crippen LogP contribution in [0.1, 0.15) is 34.3 Å². The molecule has 2 heterocycles. The molecule has 1 aliphatic rings. The summed E-state index contributed by atoms with van der Waals surface area (Å²) in [6.45, 7) is -0.203. The average molecular weight is 393 g/mol. The summed E-state index contributed by atoms with van der Waals surface area (Å²) >= 11 is 1.26. The second-order valence-electron chi connectivity index (χ2n) is 6.35. The average Bonchev–Trinajstić information content (AvgIpc) is 3.35. The van der Waals surface area contributed by atoms with Gasteiger partial charge in [-0.3, -0.25) is 14.0 Å². The van der Waals surface area contributed by atoms with Crippen molar-refractivity contribution in [2.24, 2.45) is 0 Å². The van der Waals surface area contributed by atoms with Gasteiger partial charge in [-0.15, -0.1) is 11.3 Å². The molecule has 0 unspecified atom stereocenters. The Morgan fingerprint density at radius 1 is 1.30 bits per heavy atom. The highest BCUT2D eigenvalue weighted by Gasteiger charge is 2.38. The van der Waals surface area contributed by atoms with E-state index in [0.29, 0.717) is 17.8 Å². The molecule has 3 aromatic rings. The number of alkyl halides is 3. The molecule has 0 atom stereocenters. The second-order valence-corrected chi connectivity index (χ2v) is 7.22. The molecule has 27 heavy (non-hydrogen) atoms. The Bertz CT molecular complexity index is 1070. The fourth-order valence-corrected chi connectivity index (χ4v) is 3.67. The van der Waals surface area contributed by atoms with E-state index in [4.69, 9.17) is 0 Å². The molecule has 0 saturated heterocycles. The largest absolute Gasteiger partial charge is 0.416 e. The van der Waals surface area contributed by atoms with Crippen molar-refractivity contribution in [1.29, 1.82) is 0 Å². The van der Waals surface area contributed by atoms with Crippen LogP contribution in [-0.4, -0.2) is 26.2 Å². The number of carbonyl (C=O) groups is 1. The van der Waals surface area contributed by atoms with Crippen LogP contribution in [0.2, 0.25) is 0 Å². The SMILES string of the molecule is O=C(c1cnc2sccn2c1=O)N(Cc1ccccc1C(F)(F)F)C1CC1. The minimum absolute atomic E-state index is 0.00919. The van der Waals surface area contributed by atoms with Gasteiger partial charge in [0.2, 0.25) is 0 Å². The molecule has 0 bridgehead atoms. The third kappa shape index (κ3) is 3.34. The van der Waals surface area contributed by atoms with E-state index in [0.717, 1.165) is 6.07 Å². The van der Waals surface area contributed by atoms with Crippen LogP contribution >= 0.6 is 11.3 Å². The predicted octanol–water partition coefficient (Wildman–Crippen LogP) is 3.58. The Kier molecular flexibility index (Phi) is 4.26. The summed E-state index contributed by atoms with van der Waals surface area (Å²) in [6.07, 6.45) is -0.371. The smallest absolute Gasteiger partial charge is 0.331 e. The van der Waals surface area contributed by atoms with Gasteiger partial charge in [-0.1, -0.05) is 18.2 Å². The molecule has 0 aliphatic heterocycles. The van der Waals surface area contributed by atoms with Crippen LogP contribution in [0.5, 0.6) is 0 Å². The molecular weight excluding hydrogens is 379 g/mol. The van der Waals surface area contributed by atoms with Gasteiger partial charge in [-0.25, -0.2) is 4.98 Å². The lowest BCUT2D eigenvalue weighted by Crippen LogP contribution is -2.37. The molecule has 2 aromatic heterocycles. The number of amides is 1. The van der Waals surface area contributed by atoms with Crippen molar-refractivity contribution >= 4 is 22.2 Å². The minimum atomic E-state index is -4.51. The normalized spacial score (nSPS) is 14.5. The number of hydrogen-bond acceptors (Lipinski definition) is 4. The molecule has 1 fully saturated rings. The Morgan fingerprint density at radius 2 is 2.04 bits per heavy atom. The van der Waals surface area contributed by atoms with Crippen LogP contribution < -0.4 is 5.56 Å². The number of hydrogen-bond donors (Lipinski definition) is 0. The number of halogens is 3. The van der Waals surface area contributed by atoms with Crippen LogP contribution in [-0.2, 0) is 12.7 Å². The van der Waals surface area contributed by atoms with Crippen molar-refractivity contribution in [2.75, 3.05) is 0 Å². The predicted molar refractivity (Wildman–Crippen MR) is 93.7 cm³/mol. The van der Waals surface area contributed by atoms with E-state index in [9.17, 15) is 22.8 Å². The highest BCUT2D eigenvalue weighted by atomic mass is 32.1. The molecule has 5 nitrogen and oxygen atoms in total. The lowest BCUT2D eigenvalue weighted by molar-refractivity contribution is -0.138. The summed E-state index contributed by atoms with van der Waals surface area (Å²) in [5.74, 6) is -0.590. The van der Waals surface area contributed by atoms with Crippen molar-refractivity contribution in [3.05, 3.63) is 69.1 Å². The maximum atomic E-state index is 13.3. The molecule has 1 aromatic carbocycles. The number of rotatable bonds is 4. The molecule has 1 saturated carbocycles. The Labute approximate surface area is 155 Å². The van der Waals surface area contributed by atoms with E-state index in [2.05, 4.69) is 4.98 Å². The van der Waals surface area contributed by atoms with Gasteiger partial charge in [0.1, 0.15) is 5.56 Å². The van der Waals surface area contributed by atoms with Crippen LogP contribution in [0.25, 0.3) is 4.96 Å². The number of benzene rings is 1. The maximum Gasteiger partial charge on any atom is 0.416 e. The number of thiazole rings is 1. The maximum absolute atomic E-state index is 13.3. The summed E-state index contributed by atoms with van der Waals surface area (Å²) < 4.78 is 41.1. The number of carbonyl (C=O) groups excluding carboxylic acids is 1. The molecule has 0 radical (unpaired) electrons. The van der Waals surface area contributed by atoms with E-state index in [1.165, 1.54) is 51.2 Å². The Morgan fingerprint density at radius 3 is 2.74 bits per heavy atom. The Hall–Kier alpha value is -2.68. The van der Waals surface area contributed by atoms with Crippen molar-refractivity contribution in [3.63, 3.8) is 0 Å². The first-order chi connectivity index (χ1) is 12.9. The molecular formula is C18H14F3N3O2S. The zero-order valence-electron chi connectivity index (χ0n) is 13.9. The van der Waals surface area contributed by atoms with Gasteiger partial charge in [-0.05, 0) is 24.5 Å². The van der Waals surface area contributed by atoms with Gasteiger partial charge < -0.3 is 4.90 Å². The lowest BCUT2D eigenvalue weighted by atomic mass is 10.1. The van der Waals surface area contributed by atoms with Crippen molar-refractivity contribution < 1.29 is 18.0 Å². The molecule has 4 rings (SSSR count). The van der Waals surface area contributed by atoms with Crippen molar-refractivity contribution in [1.82, 2.24) is 14.3 Å². The van der Waals surface area contributed by atoms with Crippen molar-refractivity contribution in [3.8, 4) is 0 Å². The summed E-state index contributed by atoms with van der Waals surface area (Å²) in [7, 11) is 0. The van der Waals surface area contributed by atoms with Crippen LogP contribution in [0.3, 0.4) is 0 Å². The molecule has 0 spiro atoms. The first-order valence-corrected chi connectivity index (χ1v) is 9.15. The van der Waals surface area contributed by atoms with Crippen LogP contribution in [0, 0.1) is 0 Å². The van der Waals surface area contributed by atoms with Gasteiger partial charge in [0.25, 0.3) is 11.5 Å². The standard InChI is InChI=1S/C18H14F3N3O2S/c19-18(20,21)14-4-2-1-3-11(14)10-24(12-5-6-12)16(26)13-9-22-17-23(15(13)25)7-8-27-17/h1-4,7-9,12H,5-6,10H2. The van der Waals surface area contributed by atoms with E-state index >= 15 is 0 Å². The summed E-state index contributed by atoms with van der Waals surface area (Å²) in [6, 6.07) is 5.02. The molecule has 1 aliphatic carbocycles. The quantitative estimate of drug-likeness (QED) is 0.681. The highest BCUT2D eigenvalue weighted by molar-refractivity contribution is 7.15. The zero-order chi connectivity index (χ0) is 19.2. The summed E-state index contributed by atoms with van der Waals surface area (Å²) in [5, 5.41) is 1.68. The van der Waals surface area contributed by atoms with Gasteiger partial charge in [0.05, 0.1) is 5.56 Å². The topological polar surface area (TPSA) is 54.7 Å². The highest BCUT2D eigenvalue weighted by Crippen LogP contribution is 2.35. The fourth-order valence-electron chi connectivity index (χ4n) is 3.00. The second kappa shape index (κ2) is 6.49. The summed E-state index contributed by atoms with van der Waals surface area (Å²) in [4.78, 5) is 31.4. The van der Waals surface area contributed by atoms with Crippen LogP contribution in [0.4, 0.5) is 13.2 Å². The van der Waals surface area contributed by atoms with Crippen LogP contribution in [0.15, 0.2) is 46.8 Å². The lowest BCUT2D eigenvalue weighted by Gasteiger charge is -2.24. The van der Waals surface area contributed by atoms with Gasteiger partial charge >= 0.3 is 6.18 Å². The van der Waals surface area contributed by atoms with E-state index in [-0.39, 0.29) is 23.7 Å². The molecule has 0 N–H and O–H groups in total. The van der Waals surface area contributed by atoms with E-state index in [1.54, 1.807) is 5.38 Å². The molecule has 140 valence electrons. The Balaban J connectivity index is 1.71. The fraction of sp³-hybridized carbons (Fsp3) is 0.278. The number of fused-ring (bicyclic) bond motifs is 1. The third-order valence-electron chi connectivity index (χ3n) is 4.49. The number of nitrogens with zero attached hydrogens (tertiary/aromatic N) is 3. The third-order valence-corrected chi connectivity index (χ3v) is 5.26. The number of aromatic nitrogens is 2. The van der Waals surface area contributed by atoms with E-state index in [1.807, 2.05) is 0 Å². The molecule has 1 amide bonds. The zero-order valence-corrected chi connectivity index (χ0v) is 14.8. The summed E-state index contributed by atoms with van der Waals surface area (Å²) in [5.41, 5.74) is -1.41. The monoisotopic (exact) mass is 393 g/mol. The van der Waals surface area contributed by atoms with E-state index < -0.39 is 23.2 Å². The van der Waals surface area contributed by atoms with Gasteiger partial charge in [-0.2, -0.15) is 13.2 Å². The van der Waals surface area contributed by atoms with Gasteiger partial charge in [0.15, 0.2) is 4.96 Å². The van der Waals surface area contributed by atoms with Crippen molar-refractivity contribution in [2.45, 2.75) is 31.6 Å². The first-order valence-electron chi connectivity index (χ1n) is 8.27. The minimum Gasteiger partial charge on any atom is -0.331 e. The van der Waals surface area contributed by atoms with Gasteiger partial charge in [0, 0.05) is 30.4 Å². The first kappa shape index (κ1) is 17.7. The molecule has 9 heteroatoms.